The smallest absolute Gasteiger partial charge is 0.258 e. The maximum atomic E-state index is 13.1. The Labute approximate surface area is 171 Å². The van der Waals surface area contributed by atoms with Gasteiger partial charge in [0.25, 0.3) is 5.91 Å². The summed E-state index contributed by atoms with van der Waals surface area (Å²) >= 11 is 1.26. The number of hydrogen-bond acceptors (Lipinski definition) is 6. The molecule has 1 aliphatic rings. The van der Waals surface area contributed by atoms with Gasteiger partial charge in [-0.3, -0.25) is 15.1 Å². The van der Waals surface area contributed by atoms with E-state index in [0.29, 0.717) is 26.8 Å². The molecule has 0 bridgehead atoms. The van der Waals surface area contributed by atoms with E-state index < -0.39 is 9.84 Å². The summed E-state index contributed by atoms with van der Waals surface area (Å²) < 4.78 is 24.3. The fourth-order valence-electron chi connectivity index (χ4n) is 3.33. The molecule has 2 aromatic carbocycles. The first kappa shape index (κ1) is 18.2. The topological polar surface area (TPSA) is 89.0 Å². The van der Waals surface area contributed by atoms with Crippen molar-refractivity contribution in [2.45, 2.75) is 23.7 Å². The van der Waals surface area contributed by atoms with E-state index in [2.05, 4.69) is 10.3 Å². The van der Waals surface area contributed by atoms with Crippen LogP contribution in [-0.4, -0.2) is 30.5 Å². The number of anilines is 1. The number of aromatic nitrogens is 2. The van der Waals surface area contributed by atoms with E-state index in [1.54, 1.807) is 12.1 Å². The molecule has 1 N–H and O–H groups in total. The van der Waals surface area contributed by atoms with Crippen LogP contribution in [0, 0.1) is 0 Å². The molecule has 1 aliphatic carbocycles. The lowest BCUT2D eigenvalue weighted by molar-refractivity contribution is 0.102. The van der Waals surface area contributed by atoms with E-state index in [1.165, 1.54) is 23.7 Å². The van der Waals surface area contributed by atoms with E-state index in [0.717, 1.165) is 29.4 Å². The maximum absolute atomic E-state index is 13.1. The number of hydrogen-bond donors (Lipinski definition) is 1. The molecule has 2 heterocycles. The predicted molar refractivity (Wildman–Crippen MR) is 114 cm³/mol. The van der Waals surface area contributed by atoms with Crippen molar-refractivity contribution in [3.8, 4) is 0 Å². The minimum Gasteiger partial charge on any atom is -0.298 e. The number of pyridine rings is 1. The fraction of sp³-hybridized carbons (Fsp3) is 0.190. The molecule has 2 aromatic heterocycles. The Morgan fingerprint density at radius 1 is 1.07 bits per heavy atom. The number of nitrogens with zero attached hydrogens (tertiary/aromatic N) is 2. The van der Waals surface area contributed by atoms with E-state index in [-0.39, 0.29) is 10.8 Å². The second-order valence-electron chi connectivity index (χ2n) is 7.26. The third-order valence-corrected chi connectivity index (χ3v) is 7.03. The standard InChI is InChI=1S/C21H17N3O3S2/c1-29(26,27)13-8-9-17-19(10-13)28-21(23-17)24-20(25)15-11-18(12-6-7-12)22-16-5-3-2-4-14(15)16/h2-5,8-12H,6-7H2,1H3,(H,23,24,25). The zero-order valence-corrected chi connectivity index (χ0v) is 17.2. The van der Waals surface area contributed by atoms with Gasteiger partial charge in [-0.25, -0.2) is 13.4 Å². The summed E-state index contributed by atoms with van der Waals surface area (Å²) in [5, 5.41) is 4.11. The van der Waals surface area contributed by atoms with Crippen LogP contribution < -0.4 is 5.32 Å². The number of para-hydroxylation sites is 1. The number of nitrogens with one attached hydrogen (secondary N) is 1. The fourth-order valence-corrected chi connectivity index (χ4v) is 4.95. The molecule has 4 aromatic rings. The van der Waals surface area contributed by atoms with Crippen LogP contribution >= 0.6 is 11.3 Å². The van der Waals surface area contributed by atoms with Gasteiger partial charge in [0.2, 0.25) is 0 Å². The van der Waals surface area contributed by atoms with Gasteiger partial charge in [-0.15, -0.1) is 0 Å². The summed E-state index contributed by atoms with van der Waals surface area (Å²) in [6.07, 6.45) is 3.38. The Morgan fingerprint density at radius 2 is 1.86 bits per heavy atom. The minimum atomic E-state index is -3.30. The van der Waals surface area contributed by atoms with Gasteiger partial charge in [-0.05, 0) is 43.2 Å². The lowest BCUT2D eigenvalue weighted by Gasteiger charge is -2.08. The molecule has 146 valence electrons. The predicted octanol–water partition coefficient (Wildman–Crippen LogP) is 4.38. The molecule has 0 radical (unpaired) electrons. The molecule has 5 rings (SSSR count). The van der Waals surface area contributed by atoms with Crippen molar-refractivity contribution in [3.05, 3.63) is 59.8 Å². The normalized spacial score (nSPS) is 14.4. The molecule has 0 unspecified atom stereocenters. The molecular weight excluding hydrogens is 406 g/mol. The van der Waals surface area contributed by atoms with Gasteiger partial charge >= 0.3 is 0 Å². The molecule has 0 saturated heterocycles. The summed E-state index contributed by atoms with van der Waals surface area (Å²) in [7, 11) is -3.30. The van der Waals surface area contributed by atoms with Crippen molar-refractivity contribution in [3.63, 3.8) is 0 Å². The molecular formula is C21H17N3O3S2. The highest BCUT2D eigenvalue weighted by Gasteiger charge is 2.27. The zero-order chi connectivity index (χ0) is 20.2. The molecule has 0 aliphatic heterocycles. The summed E-state index contributed by atoms with van der Waals surface area (Å²) in [6.45, 7) is 0. The van der Waals surface area contributed by atoms with E-state index in [4.69, 9.17) is 4.98 Å². The van der Waals surface area contributed by atoms with Crippen molar-refractivity contribution in [1.29, 1.82) is 0 Å². The number of carbonyl (C=O) groups excluding carboxylic acids is 1. The van der Waals surface area contributed by atoms with E-state index >= 15 is 0 Å². The van der Waals surface area contributed by atoms with Gasteiger partial charge in [0.15, 0.2) is 15.0 Å². The van der Waals surface area contributed by atoms with Crippen LogP contribution in [0.3, 0.4) is 0 Å². The summed E-state index contributed by atoms with van der Waals surface area (Å²) in [5.74, 6) is 0.191. The van der Waals surface area contributed by atoms with Crippen LogP contribution in [0.2, 0.25) is 0 Å². The van der Waals surface area contributed by atoms with Gasteiger partial charge in [-0.1, -0.05) is 29.5 Å². The number of fused-ring (bicyclic) bond motifs is 2. The highest BCUT2D eigenvalue weighted by atomic mass is 32.2. The number of rotatable bonds is 4. The number of amides is 1. The van der Waals surface area contributed by atoms with Gasteiger partial charge < -0.3 is 0 Å². The zero-order valence-electron chi connectivity index (χ0n) is 15.5. The average molecular weight is 424 g/mol. The summed E-state index contributed by atoms with van der Waals surface area (Å²) in [5.41, 5.74) is 2.99. The second kappa shape index (κ2) is 6.60. The first-order valence-electron chi connectivity index (χ1n) is 9.20. The summed E-state index contributed by atoms with van der Waals surface area (Å²) in [6, 6.07) is 14.3. The van der Waals surface area contributed by atoms with Crippen molar-refractivity contribution in [1.82, 2.24) is 9.97 Å². The highest BCUT2D eigenvalue weighted by molar-refractivity contribution is 7.90. The van der Waals surface area contributed by atoms with Gasteiger partial charge in [0.1, 0.15) is 0 Å². The molecule has 0 atom stereocenters. The number of sulfone groups is 1. The third kappa shape index (κ3) is 3.49. The van der Waals surface area contributed by atoms with Crippen LogP contribution in [0.25, 0.3) is 21.1 Å². The van der Waals surface area contributed by atoms with Crippen LogP contribution in [0.1, 0.15) is 34.8 Å². The molecule has 0 spiro atoms. The molecule has 1 fully saturated rings. The maximum Gasteiger partial charge on any atom is 0.258 e. The quantitative estimate of drug-likeness (QED) is 0.526. The monoisotopic (exact) mass is 423 g/mol. The number of thiazole rings is 1. The molecule has 8 heteroatoms. The number of carbonyl (C=O) groups is 1. The lowest BCUT2D eigenvalue weighted by Crippen LogP contribution is -2.13. The second-order valence-corrected chi connectivity index (χ2v) is 10.3. The van der Waals surface area contributed by atoms with Crippen molar-refractivity contribution in [2.75, 3.05) is 11.6 Å². The Balaban J connectivity index is 1.52. The Morgan fingerprint density at radius 3 is 2.62 bits per heavy atom. The van der Waals surface area contributed by atoms with Crippen LogP contribution in [0.15, 0.2) is 53.4 Å². The Hall–Kier alpha value is -2.84. The van der Waals surface area contributed by atoms with E-state index in [1.807, 2.05) is 30.3 Å². The third-order valence-electron chi connectivity index (χ3n) is 4.98. The first-order valence-corrected chi connectivity index (χ1v) is 11.9. The molecule has 6 nitrogen and oxygen atoms in total. The first-order chi connectivity index (χ1) is 13.9. The lowest BCUT2D eigenvalue weighted by atomic mass is 10.1. The molecule has 29 heavy (non-hydrogen) atoms. The van der Waals surface area contributed by atoms with Gasteiger partial charge in [0.05, 0.1) is 26.2 Å². The Kier molecular flexibility index (Phi) is 4.15. The largest absolute Gasteiger partial charge is 0.298 e. The SMILES string of the molecule is CS(=O)(=O)c1ccc2nc(NC(=O)c3cc(C4CC4)nc4ccccc34)sc2c1. The van der Waals surface area contributed by atoms with Crippen LogP contribution in [-0.2, 0) is 9.84 Å². The van der Waals surface area contributed by atoms with Gasteiger partial charge in [-0.2, -0.15) is 0 Å². The summed E-state index contributed by atoms with van der Waals surface area (Å²) in [4.78, 5) is 22.4. The highest BCUT2D eigenvalue weighted by Crippen LogP contribution is 2.40. The van der Waals surface area contributed by atoms with E-state index in [9.17, 15) is 13.2 Å². The molecule has 1 amide bonds. The van der Waals surface area contributed by atoms with Gasteiger partial charge in [0, 0.05) is 23.3 Å². The van der Waals surface area contributed by atoms with Crippen LogP contribution in [0.5, 0.6) is 0 Å². The van der Waals surface area contributed by atoms with Crippen LogP contribution in [0.4, 0.5) is 5.13 Å². The number of benzene rings is 2. The van der Waals surface area contributed by atoms with Crippen molar-refractivity contribution >= 4 is 53.3 Å². The van der Waals surface area contributed by atoms with Crippen molar-refractivity contribution < 1.29 is 13.2 Å². The van der Waals surface area contributed by atoms with Crippen molar-refractivity contribution in [2.24, 2.45) is 0 Å². The Bertz CT molecular complexity index is 1390. The molecule has 1 saturated carbocycles. The average Bonchev–Trinajstić information content (AvgIpc) is 3.46. The minimum absolute atomic E-state index is 0.237.